The minimum Gasteiger partial charge on any atom is -0.381 e. The second-order valence-electron chi connectivity index (χ2n) is 5.87. The third kappa shape index (κ3) is 4.13. The zero-order chi connectivity index (χ0) is 16.1. The van der Waals surface area contributed by atoms with E-state index in [2.05, 4.69) is 15.4 Å². The molecule has 1 fully saturated rings. The van der Waals surface area contributed by atoms with Crippen molar-refractivity contribution in [2.24, 2.45) is 5.92 Å². The number of amides is 1. The second-order valence-corrected chi connectivity index (χ2v) is 5.87. The van der Waals surface area contributed by atoms with E-state index >= 15 is 0 Å². The van der Waals surface area contributed by atoms with E-state index in [4.69, 9.17) is 4.74 Å². The molecule has 1 unspecified atom stereocenters. The fourth-order valence-corrected chi connectivity index (χ4v) is 2.70. The molecule has 2 heterocycles. The lowest BCUT2D eigenvalue weighted by Crippen LogP contribution is -2.37. The van der Waals surface area contributed by atoms with Crippen LogP contribution in [0.1, 0.15) is 12.8 Å². The molecule has 1 atom stereocenters. The fourth-order valence-electron chi connectivity index (χ4n) is 2.70. The van der Waals surface area contributed by atoms with Crippen molar-refractivity contribution in [2.45, 2.75) is 19.4 Å². The number of nitrogens with zero attached hydrogens (tertiary/aromatic N) is 5. The summed E-state index contributed by atoms with van der Waals surface area (Å²) in [5.74, 6) is 0.926. The summed E-state index contributed by atoms with van der Waals surface area (Å²) in [6.45, 7) is 2.37. The van der Waals surface area contributed by atoms with Crippen molar-refractivity contribution in [3.63, 3.8) is 0 Å². The lowest BCUT2D eigenvalue weighted by atomic mass is 10.0. The van der Waals surface area contributed by atoms with E-state index in [1.807, 2.05) is 37.4 Å². The Morgan fingerprint density at radius 3 is 2.96 bits per heavy atom. The lowest BCUT2D eigenvalue weighted by Gasteiger charge is -2.26. The van der Waals surface area contributed by atoms with Gasteiger partial charge in [-0.15, -0.1) is 10.2 Å². The van der Waals surface area contributed by atoms with E-state index in [9.17, 15) is 4.79 Å². The SMILES string of the molecule is CN(CC1CCCOC1)C(=O)Cn1nnc(-c2ccccc2)n1. The van der Waals surface area contributed by atoms with Gasteiger partial charge in [0.25, 0.3) is 0 Å². The summed E-state index contributed by atoms with van der Waals surface area (Å²) in [5.41, 5.74) is 0.888. The monoisotopic (exact) mass is 315 g/mol. The lowest BCUT2D eigenvalue weighted by molar-refractivity contribution is -0.132. The smallest absolute Gasteiger partial charge is 0.245 e. The molecule has 0 radical (unpaired) electrons. The molecule has 23 heavy (non-hydrogen) atoms. The van der Waals surface area contributed by atoms with E-state index in [-0.39, 0.29) is 12.5 Å². The van der Waals surface area contributed by atoms with Gasteiger partial charge in [0.15, 0.2) is 0 Å². The zero-order valence-corrected chi connectivity index (χ0v) is 13.3. The van der Waals surface area contributed by atoms with Gasteiger partial charge in [-0.2, -0.15) is 4.80 Å². The minimum atomic E-state index is -0.0208. The Bertz CT molecular complexity index is 637. The number of ether oxygens (including phenoxy) is 1. The summed E-state index contributed by atoms with van der Waals surface area (Å²) in [6.07, 6.45) is 2.18. The number of tetrazole rings is 1. The molecule has 0 aliphatic carbocycles. The number of aromatic nitrogens is 4. The molecule has 7 heteroatoms. The van der Waals surface area contributed by atoms with E-state index in [1.165, 1.54) is 4.80 Å². The first-order valence-corrected chi connectivity index (χ1v) is 7.87. The maximum absolute atomic E-state index is 12.3. The maximum Gasteiger partial charge on any atom is 0.245 e. The van der Waals surface area contributed by atoms with E-state index in [0.29, 0.717) is 18.3 Å². The average molecular weight is 315 g/mol. The Kier molecular flexibility index (Phi) is 4.97. The van der Waals surface area contributed by atoms with Gasteiger partial charge in [0, 0.05) is 25.8 Å². The highest BCUT2D eigenvalue weighted by Crippen LogP contribution is 2.15. The molecule has 0 bridgehead atoms. The van der Waals surface area contributed by atoms with Gasteiger partial charge in [-0.3, -0.25) is 4.79 Å². The quantitative estimate of drug-likeness (QED) is 0.829. The van der Waals surface area contributed by atoms with Crippen molar-refractivity contribution >= 4 is 5.91 Å². The number of rotatable bonds is 5. The highest BCUT2D eigenvalue weighted by Gasteiger charge is 2.19. The van der Waals surface area contributed by atoms with E-state index < -0.39 is 0 Å². The normalized spacial score (nSPS) is 17.9. The van der Waals surface area contributed by atoms with Crippen LogP contribution in [0.4, 0.5) is 0 Å². The summed E-state index contributed by atoms with van der Waals surface area (Å²) in [6, 6.07) is 9.60. The number of hydrogen-bond donors (Lipinski definition) is 0. The third-order valence-electron chi connectivity index (χ3n) is 3.97. The highest BCUT2D eigenvalue weighted by molar-refractivity contribution is 5.75. The van der Waals surface area contributed by atoms with Crippen LogP contribution in [-0.2, 0) is 16.1 Å². The summed E-state index contributed by atoms with van der Waals surface area (Å²) < 4.78 is 5.46. The van der Waals surface area contributed by atoms with Crippen LogP contribution in [0.2, 0.25) is 0 Å². The fraction of sp³-hybridized carbons (Fsp3) is 0.500. The number of benzene rings is 1. The van der Waals surface area contributed by atoms with Gasteiger partial charge >= 0.3 is 0 Å². The van der Waals surface area contributed by atoms with Crippen LogP contribution in [0, 0.1) is 5.92 Å². The van der Waals surface area contributed by atoms with Crippen LogP contribution in [0.5, 0.6) is 0 Å². The van der Waals surface area contributed by atoms with Gasteiger partial charge in [0.05, 0.1) is 6.61 Å². The maximum atomic E-state index is 12.3. The number of likely N-dealkylation sites (N-methyl/N-ethyl adjacent to an activating group) is 1. The van der Waals surface area contributed by atoms with Crippen LogP contribution in [0.25, 0.3) is 11.4 Å². The third-order valence-corrected chi connectivity index (χ3v) is 3.97. The Balaban J connectivity index is 1.56. The highest BCUT2D eigenvalue weighted by atomic mass is 16.5. The molecule has 2 aromatic rings. The predicted octanol–water partition coefficient (Wildman–Crippen LogP) is 1.23. The summed E-state index contributed by atoms with van der Waals surface area (Å²) in [7, 11) is 1.81. The molecule has 1 amide bonds. The molecule has 7 nitrogen and oxygen atoms in total. The van der Waals surface area contributed by atoms with Crippen molar-refractivity contribution in [1.29, 1.82) is 0 Å². The van der Waals surface area contributed by atoms with E-state index in [0.717, 1.165) is 31.6 Å². The molecule has 0 N–H and O–H groups in total. The molecule has 0 spiro atoms. The Morgan fingerprint density at radius 2 is 2.22 bits per heavy atom. The predicted molar refractivity (Wildman–Crippen MR) is 84.4 cm³/mol. The van der Waals surface area contributed by atoms with Crippen LogP contribution in [-0.4, -0.2) is 57.8 Å². The molecular weight excluding hydrogens is 294 g/mol. The van der Waals surface area contributed by atoms with Crippen molar-refractivity contribution in [2.75, 3.05) is 26.8 Å². The molecule has 1 aliphatic heterocycles. The minimum absolute atomic E-state index is 0.0208. The van der Waals surface area contributed by atoms with Crippen molar-refractivity contribution in [3.05, 3.63) is 30.3 Å². The molecule has 0 saturated carbocycles. The van der Waals surface area contributed by atoms with Crippen LogP contribution >= 0.6 is 0 Å². The van der Waals surface area contributed by atoms with Crippen LogP contribution < -0.4 is 0 Å². The number of carbonyl (C=O) groups excluding carboxylic acids is 1. The van der Waals surface area contributed by atoms with Crippen molar-refractivity contribution in [3.8, 4) is 11.4 Å². The molecule has 1 aromatic heterocycles. The molecule has 1 aromatic carbocycles. The first-order chi connectivity index (χ1) is 11.2. The Labute approximate surface area is 135 Å². The largest absolute Gasteiger partial charge is 0.381 e. The Morgan fingerprint density at radius 1 is 1.39 bits per heavy atom. The second kappa shape index (κ2) is 7.32. The van der Waals surface area contributed by atoms with Gasteiger partial charge in [0.1, 0.15) is 6.54 Å². The molecule has 3 rings (SSSR count). The van der Waals surface area contributed by atoms with Gasteiger partial charge in [-0.1, -0.05) is 30.3 Å². The van der Waals surface area contributed by atoms with Gasteiger partial charge in [-0.05, 0) is 24.0 Å². The zero-order valence-electron chi connectivity index (χ0n) is 13.3. The van der Waals surface area contributed by atoms with Gasteiger partial charge < -0.3 is 9.64 Å². The molecule has 122 valence electrons. The number of hydrogen-bond acceptors (Lipinski definition) is 5. The van der Waals surface area contributed by atoms with Crippen LogP contribution in [0.3, 0.4) is 0 Å². The van der Waals surface area contributed by atoms with E-state index in [1.54, 1.807) is 4.90 Å². The Hall–Kier alpha value is -2.28. The first-order valence-electron chi connectivity index (χ1n) is 7.87. The summed E-state index contributed by atoms with van der Waals surface area (Å²) >= 11 is 0. The summed E-state index contributed by atoms with van der Waals surface area (Å²) in [5, 5.41) is 12.2. The molecular formula is C16H21N5O2. The first kappa shape index (κ1) is 15.6. The molecule has 1 saturated heterocycles. The van der Waals surface area contributed by atoms with Crippen molar-refractivity contribution < 1.29 is 9.53 Å². The molecule has 1 aliphatic rings. The van der Waals surface area contributed by atoms with Gasteiger partial charge in [-0.25, -0.2) is 0 Å². The summed E-state index contributed by atoms with van der Waals surface area (Å²) in [4.78, 5) is 15.4. The van der Waals surface area contributed by atoms with Crippen LogP contribution in [0.15, 0.2) is 30.3 Å². The topological polar surface area (TPSA) is 73.1 Å². The van der Waals surface area contributed by atoms with Gasteiger partial charge in [0.2, 0.25) is 11.7 Å². The average Bonchev–Trinajstić information content (AvgIpc) is 3.05. The standard InChI is InChI=1S/C16H21N5O2/c1-20(10-13-6-5-9-23-12-13)15(22)11-21-18-16(17-19-21)14-7-3-2-4-8-14/h2-4,7-8,13H,5-6,9-12H2,1H3. The van der Waals surface area contributed by atoms with Crippen molar-refractivity contribution in [1.82, 2.24) is 25.1 Å². The number of carbonyl (C=O) groups is 1.